The van der Waals surface area contributed by atoms with E-state index in [1.165, 1.54) is 5.56 Å². The molecule has 4 rings (SSSR count). The van der Waals surface area contributed by atoms with E-state index < -0.39 is 0 Å². The van der Waals surface area contributed by atoms with Gasteiger partial charge in [-0.2, -0.15) is 0 Å². The first kappa shape index (κ1) is 28.2. The van der Waals surface area contributed by atoms with Gasteiger partial charge in [0, 0.05) is 25.2 Å². The summed E-state index contributed by atoms with van der Waals surface area (Å²) in [6.07, 6.45) is 3.45. The smallest absolute Gasteiger partial charge is 0.240 e. The number of anilines is 1. The van der Waals surface area contributed by atoms with Crippen molar-refractivity contribution in [3.05, 3.63) is 94.3 Å². The van der Waals surface area contributed by atoms with Gasteiger partial charge in [0.05, 0.1) is 22.7 Å². The van der Waals surface area contributed by atoms with Gasteiger partial charge in [-0.3, -0.25) is 9.69 Å². The van der Waals surface area contributed by atoms with Crippen LogP contribution in [0, 0.1) is 0 Å². The van der Waals surface area contributed by atoms with Gasteiger partial charge in [-0.15, -0.1) is 33.3 Å². The first-order valence-corrected chi connectivity index (χ1v) is 16.0. The molecule has 38 heavy (non-hydrogen) atoms. The summed E-state index contributed by atoms with van der Waals surface area (Å²) in [6, 6.07) is 22.5. The lowest BCUT2D eigenvalue weighted by atomic mass is 9.99. The van der Waals surface area contributed by atoms with Gasteiger partial charge >= 0.3 is 0 Å². The molecule has 0 aliphatic heterocycles. The van der Waals surface area contributed by atoms with E-state index in [-0.39, 0.29) is 28.7 Å². The van der Waals surface area contributed by atoms with Crippen LogP contribution in [-0.2, 0) is 17.6 Å². The SMILES string of the molecule is C=S(C)N(C)c1ccc(CC(c2csc(-c3cccs3)n2)N(C)C(=O)C(Cc2ccccc2)N(C)C)cc1. The maximum Gasteiger partial charge on any atom is 0.240 e. The van der Waals surface area contributed by atoms with E-state index in [4.69, 9.17) is 4.98 Å². The molecule has 0 saturated carbocycles. The van der Waals surface area contributed by atoms with E-state index in [0.29, 0.717) is 12.8 Å². The van der Waals surface area contributed by atoms with Crippen LogP contribution in [0.2, 0.25) is 0 Å². The zero-order valence-corrected chi connectivity index (χ0v) is 25.2. The van der Waals surface area contributed by atoms with Crippen molar-refractivity contribution < 1.29 is 4.79 Å². The quantitative estimate of drug-likeness (QED) is 0.196. The van der Waals surface area contributed by atoms with Crippen LogP contribution in [0.5, 0.6) is 0 Å². The molecule has 4 aromatic rings. The Morgan fingerprint density at radius 3 is 2.21 bits per heavy atom. The second-order valence-corrected chi connectivity index (χ2v) is 13.2. The number of likely N-dealkylation sites (N-methyl/N-ethyl adjacent to an activating group) is 2. The van der Waals surface area contributed by atoms with E-state index in [9.17, 15) is 4.79 Å². The number of benzene rings is 2. The Labute approximate surface area is 237 Å². The molecule has 0 aliphatic carbocycles. The standard InChI is InChI=1S/C30H36N4OS3/c1-32(2)27(20-22-11-8-7-9-12-22)30(35)33(3)26(25-21-37-29(31-25)28-13-10-18-36-28)19-23-14-16-24(17-15-23)34(4)38(5)6/h7-18,21,26-27H,5,19-20H2,1-4,6H3. The van der Waals surface area contributed by atoms with Gasteiger partial charge in [-0.05, 0) is 67.9 Å². The lowest BCUT2D eigenvalue weighted by molar-refractivity contribution is -0.137. The number of amides is 1. The summed E-state index contributed by atoms with van der Waals surface area (Å²) in [7, 11) is 7.85. The number of hydrogen-bond acceptors (Lipinski definition) is 6. The minimum atomic E-state index is -0.268. The molecular formula is C30H36N4OS3. The third-order valence-electron chi connectivity index (χ3n) is 6.79. The minimum absolute atomic E-state index is 0.0927. The molecule has 0 fully saturated rings. The van der Waals surface area contributed by atoms with Crippen molar-refractivity contribution in [3.8, 4) is 9.88 Å². The lowest BCUT2D eigenvalue weighted by Crippen LogP contribution is -2.47. The number of carbonyl (C=O) groups is 1. The van der Waals surface area contributed by atoms with Crippen LogP contribution in [0.15, 0.2) is 77.5 Å². The molecule has 3 atom stereocenters. The third-order valence-corrected chi connectivity index (χ3v) is 9.83. The molecule has 0 saturated heterocycles. The van der Waals surface area contributed by atoms with Crippen molar-refractivity contribution in [2.24, 2.45) is 0 Å². The van der Waals surface area contributed by atoms with Crippen LogP contribution in [-0.4, -0.2) is 67.0 Å². The molecular weight excluding hydrogens is 529 g/mol. The summed E-state index contributed by atoms with van der Waals surface area (Å²) in [6.45, 7) is 0. The molecule has 0 aliphatic rings. The zero-order valence-electron chi connectivity index (χ0n) is 22.7. The zero-order chi connectivity index (χ0) is 27.2. The number of hydrogen-bond donors (Lipinski definition) is 0. The van der Waals surface area contributed by atoms with Crippen LogP contribution in [0.1, 0.15) is 22.9 Å². The Bertz CT molecular complexity index is 1330. The molecule has 0 radical (unpaired) electrons. The number of nitrogens with zero attached hydrogens (tertiary/aromatic N) is 4. The van der Waals surface area contributed by atoms with Gasteiger partial charge in [0.1, 0.15) is 5.01 Å². The van der Waals surface area contributed by atoms with E-state index in [0.717, 1.165) is 26.8 Å². The van der Waals surface area contributed by atoms with Gasteiger partial charge in [0.15, 0.2) is 0 Å². The van der Waals surface area contributed by atoms with E-state index in [2.05, 4.69) is 76.7 Å². The number of rotatable bonds is 11. The van der Waals surface area contributed by atoms with Gasteiger partial charge in [0.2, 0.25) is 5.91 Å². The highest BCUT2D eigenvalue weighted by atomic mass is 32.2. The predicted molar refractivity (Wildman–Crippen MR) is 168 cm³/mol. The molecule has 200 valence electrons. The second kappa shape index (κ2) is 12.8. The highest BCUT2D eigenvalue weighted by molar-refractivity contribution is 8.14. The molecule has 0 N–H and O–H groups in total. The summed E-state index contributed by atoms with van der Waals surface area (Å²) in [5.74, 6) is 4.25. The highest BCUT2D eigenvalue weighted by Gasteiger charge is 2.31. The first-order chi connectivity index (χ1) is 18.2. The maximum atomic E-state index is 14.0. The fourth-order valence-corrected chi connectivity index (χ4v) is 6.52. The van der Waals surface area contributed by atoms with Crippen LogP contribution in [0.4, 0.5) is 5.69 Å². The normalized spacial score (nSPS) is 13.7. The molecule has 0 bridgehead atoms. The average Bonchev–Trinajstić information content (AvgIpc) is 3.62. The molecule has 0 spiro atoms. The maximum absolute atomic E-state index is 14.0. The summed E-state index contributed by atoms with van der Waals surface area (Å²) in [5, 5.41) is 5.18. The van der Waals surface area contributed by atoms with Gasteiger partial charge in [-0.25, -0.2) is 4.98 Å². The summed E-state index contributed by atoms with van der Waals surface area (Å²) in [4.78, 5) is 24.1. The fourth-order valence-electron chi connectivity index (χ4n) is 4.35. The number of aromatic nitrogens is 1. The van der Waals surface area contributed by atoms with Crippen LogP contribution < -0.4 is 4.31 Å². The van der Waals surface area contributed by atoms with Crippen LogP contribution >= 0.6 is 33.3 Å². The van der Waals surface area contributed by atoms with Crippen molar-refractivity contribution in [1.29, 1.82) is 0 Å². The van der Waals surface area contributed by atoms with E-state index >= 15 is 0 Å². The molecule has 1 amide bonds. The number of carbonyl (C=O) groups excluding carboxylic acids is 1. The van der Waals surface area contributed by atoms with Gasteiger partial charge in [-0.1, -0.05) is 54.4 Å². The molecule has 5 nitrogen and oxygen atoms in total. The Balaban J connectivity index is 1.63. The largest absolute Gasteiger partial charge is 0.335 e. The van der Waals surface area contributed by atoms with Crippen molar-refractivity contribution >= 4 is 50.8 Å². The van der Waals surface area contributed by atoms with Gasteiger partial charge in [0.25, 0.3) is 0 Å². The van der Waals surface area contributed by atoms with Crippen molar-refractivity contribution in [3.63, 3.8) is 0 Å². The number of thiophene rings is 1. The van der Waals surface area contributed by atoms with Crippen molar-refractivity contribution in [1.82, 2.24) is 14.8 Å². The van der Waals surface area contributed by atoms with Crippen molar-refractivity contribution in [2.45, 2.75) is 24.9 Å². The van der Waals surface area contributed by atoms with E-state index in [1.54, 1.807) is 22.7 Å². The van der Waals surface area contributed by atoms with Crippen molar-refractivity contribution in [2.75, 3.05) is 38.8 Å². The van der Waals surface area contributed by atoms with E-state index in [1.807, 2.05) is 55.2 Å². The van der Waals surface area contributed by atoms with Gasteiger partial charge < -0.3 is 9.21 Å². The molecule has 2 aromatic heterocycles. The predicted octanol–water partition coefficient (Wildman–Crippen LogP) is 6.47. The fraction of sp³-hybridized carbons (Fsp3) is 0.300. The Kier molecular flexibility index (Phi) is 9.54. The Hall–Kier alpha value is -2.78. The average molecular weight is 565 g/mol. The summed E-state index contributed by atoms with van der Waals surface area (Å²) in [5.41, 5.74) is 4.39. The summed E-state index contributed by atoms with van der Waals surface area (Å²) < 4.78 is 2.18. The topological polar surface area (TPSA) is 39.7 Å². The summed E-state index contributed by atoms with van der Waals surface area (Å²) >= 11 is 3.33. The van der Waals surface area contributed by atoms with Crippen LogP contribution in [0.3, 0.4) is 0 Å². The molecule has 8 heteroatoms. The third kappa shape index (κ3) is 6.80. The Morgan fingerprint density at radius 2 is 1.61 bits per heavy atom. The van der Waals surface area contributed by atoms with Crippen LogP contribution in [0.25, 0.3) is 9.88 Å². The second-order valence-electron chi connectivity index (χ2n) is 9.66. The molecule has 2 heterocycles. The number of thiazole rings is 1. The molecule has 2 aromatic carbocycles. The first-order valence-electron chi connectivity index (χ1n) is 12.5. The monoisotopic (exact) mass is 564 g/mol. The highest BCUT2D eigenvalue weighted by Crippen LogP contribution is 2.33. The lowest BCUT2D eigenvalue weighted by Gasteiger charge is -2.33. The minimum Gasteiger partial charge on any atom is -0.335 e. The Morgan fingerprint density at radius 1 is 0.921 bits per heavy atom. The molecule has 3 unspecified atom stereocenters.